The largest absolute Gasteiger partial charge is 0.462 e. The van der Waals surface area contributed by atoms with Crippen molar-refractivity contribution in [3.63, 3.8) is 0 Å². The van der Waals surface area contributed by atoms with Gasteiger partial charge in [-0.05, 0) is 43.7 Å². The van der Waals surface area contributed by atoms with Gasteiger partial charge in [0.2, 0.25) is 0 Å². The van der Waals surface area contributed by atoms with Crippen LogP contribution in [0.4, 0.5) is 20.8 Å². The van der Waals surface area contributed by atoms with Gasteiger partial charge >= 0.3 is 5.97 Å². The molecule has 33 heavy (non-hydrogen) atoms. The second-order valence-corrected chi connectivity index (χ2v) is 7.73. The Balaban J connectivity index is 1.94. The molecule has 2 amide bonds. The molecule has 0 radical (unpaired) electrons. The van der Waals surface area contributed by atoms with Crippen molar-refractivity contribution in [2.45, 2.75) is 13.8 Å². The van der Waals surface area contributed by atoms with Crippen LogP contribution in [-0.2, 0) is 4.74 Å². The molecule has 0 atom stereocenters. The zero-order valence-corrected chi connectivity index (χ0v) is 18.3. The van der Waals surface area contributed by atoms with E-state index in [0.717, 1.165) is 17.4 Å². The van der Waals surface area contributed by atoms with Crippen molar-refractivity contribution in [2.24, 2.45) is 0 Å². The van der Waals surface area contributed by atoms with Crippen LogP contribution in [0.5, 0.6) is 0 Å². The molecule has 0 saturated heterocycles. The van der Waals surface area contributed by atoms with Crippen molar-refractivity contribution < 1.29 is 28.4 Å². The Bertz CT molecular complexity index is 1260. The van der Waals surface area contributed by atoms with Gasteiger partial charge in [0.15, 0.2) is 0 Å². The maximum Gasteiger partial charge on any atom is 0.341 e. The maximum absolute atomic E-state index is 13.5. The summed E-state index contributed by atoms with van der Waals surface area (Å²) in [6.07, 6.45) is 0. The molecule has 170 valence electrons. The zero-order valence-electron chi connectivity index (χ0n) is 17.5. The highest BCUT2D eigenvalue weighted by molar-refractivity contribution is 7.19. The van der Waals surface area contributed by atoms with Crippen LogP contribution in [0, 0.1) is 22.9 Å². The smallest absolute Gasteiger partial charge is 0.341 e. The van der Waals surface area contributed by atoms with E-state index in [0.29, 0.717) is 0 Å². The number of anilines is 2. The van der Waals surface area contributed by atoms with E-state index in [1.54, 1.807) is 6.92 Å². The van der Waals surface area contributed by atoms with Gasteiger partial charge in [0.25, 0.3) is 17.5 Å². The number of rotatable bonds is 7. The molecule has 3 aromatic rings. The van der Waals surface area contributed by atoms with Crippen LogP contribution in [0.25, 0.3) is 0 Å². The molecule has 11 heteroatoms. The number of amides is 2. The number of nitro benzene ring substituents is 1. The molecular weight excluding hydrogens is 453 g/mol. The molecule has 2 N–H and O–H groups in total. The quantitative estimate of drug-likeness (QED) is 0.290. The van der Waals surface area contributed by atoms with Gasteiger partial charge in [-0.25, -0.2) is 9.18 Å². The van der Waals surface area contributed by atoms with E-state index in [1.807, 2.05) is 0 Å². The minimum Gasteiger partial charge on any atom is -0.462 e. The second kappa shape index (κ2) is 10.0. The number of nitrogens with one attached hydrogen (secondary N) is 2. The number of ether oxygens (including phenoxy) is 1. The average molecular weight is 471 g/mol. The molecule has 0 spiro atoms. The number of nitrogens with zero attached hydrogens (tertiary/aromatic N) is 1. The van der Waals surface area contributed by atoms with E-state index in [-0.39, 0.29) is 44.6 Å². The van der Waals surface area contributed by atoms with Gasteiger partial charge in [-0.3, -0.25) is 19.7 Å². The lowest BCUT2D eigenvalue weighted by atomic mass is 10.1. The summed E-state index contributed by atoms with van der Waals surface area (Å²) in [4.78, 5) is 48.5. The SMILES string of the molecule is CCOC(=O)c1c(NC(=O)c2cccc(F)c2)sc(C(=O)Nc2cccc([N+](=O)[O-])c2)c1C. The Hall–Kier alpha value is -4.12. The highest BCUT2D eigenvalue weighted by Gasteiger charge is 2.27. The number of esters is 1. The van der Waals surface area contributed by atoms with Gasteiger partial charge in [-0.1, -0.05) is 12.1 Å². The highest BCUT2D eigenvalue weighted by atomic mass is 32.1. The number of hydrogen-bond donors (Lipinski definition) is 2. The molecule has 0 aliphatic carbocycles. The van der Waals surface area contributed by atoms with Crippen LogP contribution in [0.1, 0.15) is 42.9 Å². The predicted octanol–water partition coefficient (Wildman–Crippen LogP) is 4.79. The lowest BCUT2D eigenvalue weighted by Gasteiger charge is -2.07. The first-order chi connectivity index (χ1) is 15.7. The van der Waals surface area contributed by atoms with E-state index >= 15 is 0 Å². The predicted molar refractivity (Wildman–Crippen MR) is 120 cm³/mol. The number of nitro groups is 1. The summed E-state index contributed by atoms with van der Waals surface area (Å²) in [7, 11) is 0. The molecule has 2 aromatic carbocycles. The van der Waals surface area contributed by atoms with E-state index in [4.69, 9.17) is 4.74 Å². The summed E-state index contributed by atoms with van der Waals surface area (Å²) in [5, 5.41) is 16.1. The number of hydrogen-bond acceptors (Lipinski definition) is 7. The standard InChI is InChI=1S/C22H18FN3O6S/c1-3-32-22(29)17-12(2)18(20(28)24-15-8-5-9-16(11-15)26(30)31)33-21(17)25-19(27)13-6-4-7-14(23)10-13/h4-11H,3H2,1-2H3,(H,24,28)(H,25,27). The van der Waals surface area contributed by atoms with Crippen LogP contribution in [0.3, 0.4) is 0 Å². The van der Waals surface area contributed by atoms with Crippen molar-refractivity contribution in [1.29, 1.82) is 0 Å². The minimum atomic E-state index is -0.741. The van der Waals surface area contributed by atoms with Crippen molar-refractivity contribution in [3.8, 4) is 0 Å². The summed E-state index contributed by atoms with van der Waals surface area (Å²) in [6.45, 7) is 3.20. The lowest BCUT2D eigenvalue weighted by molar-refractivity contribution is -0.384. The van der Waals surface area contributed by atoms with Crippen molar-refractivity contribution >= 4 is 45.5 Å². The molecule has 9 nitrogen and oxygen atoms in total. The molecule has 1 aromatic heterocycles. The number of carbonyl (C=O) groups is 3. The monoisotopic (exact) mass is 471 g/mol. The van der Waals surface area contributed by atoms with Crippen molar-refractivity contribution in [3.05, 3.63) is 86.0 Å². The fourth-order valence-electron chi connectivity index (χ4n) is 2.96. The molecule has 0 fully saturated rings. The van der Waals surface area contributed by atoms with Gasteiger partial charge < -0.3 is 15.4 Å². The van der Waals surface area contributed by atoms with Crippen LogP contribution >= 0.6 is 11.3 Å². The molecular formula is C22H18FN3O6S. The molecule has 0 aliphatic heterocycles. The number of thiophene rings is 1. The van der Waals surface area contributed by atoms with E-state index in [1.165, 1.54) is 49.4 Å². The summed E-state index contributed by atoms with van der Waals surface area (Å²) in [5.41, 5.74) is 0.265. The molecule has 0 bridgehead atoms. The zero-order chi connectivity index (χ0) is 24.1. The lowest BCUT2D eigenvalue weighted by Crippen LogP contribution is -2.15. The van der Waals surface area contributed by atoms with Gasteiger partial charge in [-0.2, -0.15) is 0 Å². The van der Waals surface area contributed by atoms with E-state index in [9.17, 15) is 28.9 Å². The Morgan fingerprint density at radius 2 is 1.82 bits per heavy atom. The normalized spacial score (nSPS) is 10.4. The van der Waals surface area contributed by atoms with Crippen LogP contribution in [0.2, 0.25) is 0 Å². The van der Waals surface area contributed by atoms with Crippen LogP contribution in [0.15, 0.2) is 48.5 Å². The van der Waals surface area contributed by atoms with E-state index in [2.05, 4.69) is 10.6 Å². The Morgan fingerprint density at radius 3 is 2.48 bits per heavy atom. The van der Waals surface area contributed by atoms with Crippen LogP contribution < -0.4 is 10.6 Å². The molecule has 3 rings (SSSR count). The maximum atomic E-state index is 13.5. The third-order valence-electron chi connectivity index (χ3n) is 4.46. The van der Waals surface area contributed by atoms with Gasteiger partial charge in [-0.15, -0.1) is 11.3 Å². The minimum absolute atomic E-state index is 0.00389. The Kier molecular flexibility index (Phi) is 7.13. The van der Waals surface area contributed by atoms with Gasteiger partial charge in [0, 0.05) is 23.4 Å². The second-order valence-electron chi connectivity index (χ2n) is 6.71. The first-order valence-corrected chi connectivity index (χ1v) is 10.5. The summed E-state index contributed by atoms with van der Waals surface area (Å²) < 4.78 is 18.5. The summed E-state index contributed by atoms with van der Waals surface area (Å²) >= 11 is 0.833. The number of non-ortho nitro benzene ring substituents is 1. The first-order valence-electron chi connectivity index (χ1n) is 9.64. The van der Waals surface area contributed by atoms with Gasteiger partial charge in [0.05, 0.1) is 22.0 Å². The molecule has 0 unspecified atom stereocenters. The summed E-state index contributed by atoms with van der Waals surface area (Å²) in [6, 6.07) is 10.4. The highest BCUT2D eigenvalue weighted by Crippen LogP contribution is 2.35. The molecule has 0 saturated carbocycles. The van der Waals surface area contributed by atoms with Crippen molar-refractivity contribution in [2.75, 3.05) is 17.2 Å². The fourth-order valence-corrected chi connectivity index (χ4v) is 4.04. The first kappa shape index (κ1) is 23.5. The Morgan fingerprint density at radius 1 is 1.09 bits per heavy atom. The molecule has 0 aliphatic rings. The molecule has 1 heterocycles. The summed E-state index contributed by atoms with van der Waals surface area (Å²) in [5.74, 6) is -2.65. The number of halogens is 1. The average Bonchev–Trinajstić information content (AvgIpc) is 3.10. The third kappa shape index (κ3) is 5.39. The van der Waals surface area contributed by atoms with E-state index < -0.39 is 28.5 Å². The van der Waals surface area contributed by atoms with Gasteiger partial charge in [0.1, 0.15) is 10.8 Å². The topological polar surface area (TPSA) is 128 Å². The van der Waals surface area contributed by atoms with Crippen LogP contribution in [-0.4, -0.2) is 29.3 Å². The Labute approximate surface area is 191 Å². The van der Waals surface area contributed by atoms with Crippen molar-refractivity contribution in [1.82, 2.24) is 0 Å². The fraction of sp³-hybridized carbons (Fsp3) is 0.136. The third-order valence-corrected chi connectivity index (χ3v) is 5.67. The number of carbonyl (C=O) groups excluding carboxylic acids is 3. The number of benzene rings is 2.